The third kappa shape index (κ3) is 1.41. The fraction of sp³-hybridized carbons (Fsp3) is 0. The number of halogens is 1. The molecule has 0 aliphatic carbocycles. The normalized spacial score (nSPS) is 9.44. The Hall–Kier alpha value is -0.590. The molecule has 0 amide bonds. The number of aromatic nitrogens is 1. The molecule has 1 heterocycles. The zero-order chi connectivity index (χ0) is 6.85. The van der Waals surface area contributed by atoms with Crippen LogP contribution in [0.25, 0.3) is 0 Å². The highest BCUT2D eigenvalue weighted by atomic mass is 127. The molecule has 9 heavy (non-hydrogen) atoms. The Kier molecular flexibility index (Phi) is 1.70. The standard InChI is InChI=1S/C4H3IN2O2/c5-3-1-2-4(6-3)7(8)9/h1-2,6H. The Bertz CT molecular complexity index is 232. The molecule has 0 aliphatic rings. The predicted molar refractivity (Wildman–Crippen MR) is 40.2 cm³/mol. The van der Waals surface area contributed by atoms with Gasteiger partial charge in [-0.3, -0.25) is 0 Å². The van der Waals surface area contributed by atoms with Crippen molar-refractivity contribution in [3.05, 3.63) is 25.9 Å². The summed E-state index contributed by atoms with van der Waals surface area (Å²) in [6.07, 6.45) is 0. The maximum Gasteiger partial charge on any atom is 0.321 e. The fourth-order valence-corrected chi connectivity index (χ4v) is 0.920. The number of nitro groups is 1. The number of H-pyrrole nitrogens is 1. The molecule has 1 aromatic heterocycles. The average molecular weight is 238 g/mol. The van der Waals surface area contributed by atoms with Gasteiger partial charge in [0, 0.05) is 28.7 Å². The molecular weight excluding hydrogens is 235 g/mol. The maximum atomic E-state index is 9.99. The van der Waals surface area contributed by atoms with Gasteiger partial charge in [-0.2, -0.15) is 0 Å². The van der Waals surface area contributed by atoms with E-state index >= 15 is 0 Å². The summed E-state index contributed by atoms with van der Waals surface area (Å²) in [7, 11) is 0. The third-order valence-corrected chi connectivity index (χ3v) is 1.46. The molecule has 0 radical (unpaired) electrons. The molecule has 0 saturated carbocycles. The minimum absolute atomic E-state index is 0.0411. The Morgan fingerprint density at radius 1 is 1.67 bits per heavy atom. The van der Waals surface area contributed by atoms with Crippen LogP contribution in [-0.4, -0.2) is 9.91 Å². The van der Waals surface area contributed by atoms with E-state index < -0.39 is 4.92 Å². The van der Waals surface area contributed by atoms with Crippen molar-refractivity contribution in [2.24, 2.45) is 0 Å². The SMILES string of the molecule is O=[N+]([O-])c1ccc(I)[nH]1. The van der Waals surface area contributed by atoms with Crippen LogP contribution in [0.1, 0.15) is 0 Å². The van der Waals surface area contributed by atoms with Crippen molar-refractivity contribution >= 4 is 28.4 Å². The fourth-order valence-electron chi connectivity index (χ4n) is 0.464. The molecule has 0 atom stereocenters. The van der Waals surface area contributed by atoms with Crippen LogP contribution in [0, 0.1) is 13.8 Å². The topological polar surface area (TPSA) is 58.9 Å². The van der Waals surface area contributed by atoms with E-state index in [1.165, 1.54) is 6.07 Å². The van der Waals surface area contributed by atoms with Crippen molar-refractivity contribution in [3.8, 4) is 0 Å². The van der Waals surface area contributed by atoms with Crippen molar-refractivity contribution in [2.75, 3.05) is 0 Å². The number of aromatic amines is 1. The molecule has 1 aromatic rings. The van der Waals surface area contributed by atoms with Crippen molar-refractivity contribution < 1.29 is 4.92 Å². The lowest BCUT2D eigenvalue weighted by molar-refractivity contribution is -0.389. The molecular formula is C4H3IN2O2. The van der Waals surface area contributed by atoms with E-state index in [0.717, 1.165) is 3.70 Å². The zero-order valence-corrected chi connectivity index (χ0v) is 6.45. The molecule has 4 nitrogen and oxygen atoms in total. The molecule has 0 unspecified atom stereocenters. The number of rotatable bonds is 1. The first-order valence-corrected chi connectivity index (χ1v) is 3.27. The van der Waals surface area contributed by atoms with Gasteiger partial charge in [-0.05, 0) is 11.0 Å². The largest absolute Gasteiger partial charge is 0.358 e. The highest BCUT2D eigenvalue weighted by molar-refractivity contribution is 14.1. The molecule has 48 valence electrons. The van der Waals surface area contributed by atoms with Crippen LogP contribution in [0.2, 0.25) is 0 Å². The van der Waals surface area contributed by atoms with Gasteiger partial charge in [-0.25, -0.2) is 4.98 Å². The van der Waals surface area contributed by atoms with Crippen molar-refractivity contribution in [1.82, 2.24) is 4.98 Å². The van der Waals surface area contributed by atoms with E-state index in [-0.39, 0.29) is 5.82 Å². The molecule has 0 aromatic carbocycles. The van der Waals surface area contributed by atoms with E-state index in [1.807, 2.05) is 22.6 Å². The second kappa shape index (κ2) is 2.34. The second-order valence-electron chi connectivity index (χ2n) is 1.45. The summed E-state index contributed by atoms with van der Waals surface area (Å²) < 4.78 is 0.777. The molecule has 1 rings (SSSR count). The lowest BCUT2D eigenvalue weighted by atomic mass is 10.6. The monoisotopic (exact) mass is 238 g/mol. The highest BCUT2D eigenvalue weighted by Crippen LogP contribution is 2.10. The minimum Gasteiger partial charge on any atom is -0.358 e. The highest BCUT2D eigenvalue weighted by Gasteiger charge is 2.03. The van der Waals surface area contributed by atoms with Crippen LogP contribution in [0.5, 0.6) is 0 Å². The third-order valence-electron chi connectivity index (χ3n) is 0.832. The van der Waals surface area contributed by atoms with Gasteiger partial charge in [0.15, 0.2) is 3.70 Å². The van der Waals surface area contributed by atoms with Crippen molar-refractivity contribution in [1.29, 1.82) is 0 Å². The van der Waals surface area contributed by atoms with Crippen LogP contribution >= 0.6 is 22.6 Å². The summed E-state index contributed by atoms with van der Waals surface area (Å²) in [5.74, 6) is 0.0411. The van der Waals surface area contributed by atoms with Gasteiger partial charge in [-0.1, -0.05) is 0 Å². The van der Waals surface area contributed by atoms with E-state index in [4.69, 9.17) is 0 Å². The summed E-state index contributed by atoms with van der Waals surface area (Å²) in [4.78, 5) is 12.1. The molecule has 1 N–H and O–H groups in total. The first kappa shape index (κ1) is 6.53. The van der Waals surface area contributed by atoms with Gasteiger partial charge < -0.3 is 10.1 Å². The molecule has 0 fully saturated rings. The van der Waals surface area contributed by atoms with Crippen molar-refractivity contribution in [3.63, 3.8) is 0 Å². The summed E-state index contributed by atoms with van der Waals surface area (Å²) in [6.45, 7) is 0. The quantitative estimate of drug-likeness (QED) is 0.458. The minimum atomic E-state index is -0.456. The van der Waals surface area contributed by atoms with Crippen LogP contribution < -0.4 is 0 Å². The Morgan fingerprint density at radius 2 is 2.33 bits per heavy atom. The molecule has 0 bridgehead atoms. The van der Waals surface area contributed by atoms with Gasteiger partial charge in [0.05, 0.1) is 0 Å². The molecule has 0 aliphatic heterocycles. The van der Waals surface area contributed by atoms with Crippen molar-refractivity contribution in [2.45, 2.75) is 0 Å². The molecule has 0 saturated heterocycles. The van der Waals surface area contributed by atoms with Gasteiger partial charge in [-0.15, -0.1) is 0 Å². The van der Waals surface area contributed by atoms with Gasteiger partial charge in [0.25, 0.3) is 0 Å². The molecule has 5 heteroatoms. The van der Waals surface area contributed by atoms with Crippen LogP contribution in [0.4, 0.5) is 5.82 Å². The van der Waals surface area contributed by atoms with E-state index in [0.29, 0.717) is 0 Å². The lowest BCUT2D eigenvalue weighted by Crippen LogP contribution is -1.86. The summed E-state index contributed by atoms with van der Waals surface area (Å²) >= 11 is 1.97. The van der Waals surface area contributed by atoms with E-state index in [2.05, 4.69) is 4.98 Å². The zero-order valence-electron chi connectivity index (χ0n) is 4.30. The molecule has 0 spiro atoms. The summed E-state index contributed by atoms with van der Waals surface area (Å²) in [6, 6.07) is 3.08. The van der Waals surface area contributed by atoms with Gasteiger partial charge >= 0.3 is 5.82 Å². The van der Waals surface area contributed by atoms with Gasteiger partial charge in [0.1, 0.15) is 0 Å². The maximum absolute atomic E-state index is 9.99. The number of nitrogens with zero attached hydrogens (tertiary/aromatic N) is 1. The lowest BCUT2D eigenvalue weighted by Gasteiger charge is -1.84. The van der Waals surface area contributed by atoms with Crippen LogP contribution in [0.3, 0.4) is 0 Å². The summed E-state index contributed by atoms with van der Waals surface area (Å²) in [5, 5.41) is 9.99. The average Bonchev–Trinajstić information content (AvgIpc) is 2.14. The Labute approximate surface area is 64.6 Å². The first-order valence-electron chi connectivity index (χ1n) is 2.19. The summed E-state index contributed by atoms with van der Waals surface area (Å²) in [5.41, 5.74) is 0. The Balaban J connectivity index is 2.98. The van der Waals surface area contributed by atoms with Crippen LogP contribution in [-0.2, 0) is 0 Å². The smallest absolute Gasteiger partial charge is 0.321 e. The van der Waals surface area contributed by atoms with E-state index in [1.54, 1.807) is 6.07 Å². The number of nitrogens with one attached hydrogen (secondary N) is 1. The second-order valence-corrected chi connectivity index (χ2v) is 2.61. The predicted octanol–water partition coefficient (Wildman–Crippen LogP) is 1.53. The number of hydrogen-bond donors (Lipinski definition) is 1. The number of hydrogen-bond acceptors (Lipinski definition) is 2. The first-order chi connectivity index (χ1) is 4.20. The van der Waals surface area contributed by atoms with Gasteiger partial charge in [0.2, 0.25) is 0 Å². The van der Waals surface area contributed by atoms with Crippen LogP contribution in [0.15, 0.2) is 12.1 Å². The van der Waals surface area contributed by atoms with E-state index in [9.17, 15) is 10.1 Å². The Morgan fingerprint density at radius 3 is 2.56 bits per heavy atom.